The summed E-state index contributed by atoms with van der Waals surface area (Å²) in [5, 5.41) is 0. The van der Waals surface area contributed by atoms with Gasteiger partial charge in [-0.05, 0) is 38.1 Å². The van der Waals surface area contributed by atoms with Gasteiger partial charge in [0.25, 0.3) is 0 Å². The molecule has 0 heterocycles. The summed E-state index contributed by atoms with van der Waals surface area (Å²) in [5.41, 5.74) is 1.11. The van der Waals surface area contributed by atoms with Crippen molar-refractivity contribution in [2.24, 2.45) is 0 Å². The molecule has 16 heavy (non-hydrogen) atoms. The van der Waals surface area contributed by atoms with Gasteiger partial charge in [0.2, 0.25) is 0 Å². The standard InChI is InChI=1S/C15H21N/c1-3-12-16(13-4-2)14-8-11-15-9-6-5-7-10-15/h5-7,9-10H,3-4,12-14H2,1-2H3. The van der Waals surface area contributed by atoms with Gasteiger partial charge < -0.3 is 0 Å². The molecule has 0 unspecified atom stereocenters. The zero-order chi connectivity index (χ0) is 11.6. The maximum atomic E-state index is 3.25. The van der Waals surface area contributed by atoms with E-state index in [2.05, 4.69) is 42.7 Å². The van der Waals surface area contributed by atoms with E-state index >= 15 is 0 Å². The van der Waals surface area contributed by atoms with E-state index in [9.17, 15) is 0 Å². The van der Waals surface area contributed by atoms with E-state index in [0.717, 1.165) is 25.2 Å². The predicted molar refractivity (Wildman–Crippen MR) is 70.3 cm³/mol. The van der Waals surface area contributed by atoms with Crippen molar-refractivity contribution in [2.45, 2.75) is 26.7 Å². The zero-order valence-corrected chi connectivity index (χ0v) is 10.4. The molecule has 0 aliphatic rings. The molecule has 86 valence electrons. The fourth-order valence-electron chi connectivity index (χ4n) is 1.68. The van der Waals surface area contributed by atoms with E-state index in [1.165, 1.54) is 12.8 Å². The van der Waals surface area contributed by atoms with Crippen LogP contribution in [-0.4, -0.2) is 24.5 Å². The Balaban J connectivity index is 2.45. The van der Waals surface area contributed by atoms with Crippen LogP contribution in [0.25, 0.3) is 0 Å². The average molecular weight is 215 g/mol. The lowest BCUT2D eigenvalue weighted by molar-refractivity contribution is 0.308. The fraction of sp³-hybridized carbons (Fsp3) is 0.467. The van der Waals surface area contributed by atoms with Crippen molar-refractivity contribution >= 4 is 0 Å². The Morgan fingerprint density at radius 3 is 2.19 bits per heavy atom. The smallest absolute Gasteiger partial charge is 0.0605 e. The molecular formula is C15H21N. The van der Waals surface area contributed by atoms with Gasteiger partial charge in [0, 0.05) is 5.56 Å². The number of benzene rings is 1. The molecule has 0 fully saturated rings. The maximum absolute atomic E-state index is 3.25. The van der Waals surface area contributed by atoms with Gasteiger partial charge in [0.1, 0.15) is 0 Å². The van der Waals surface area contributed by atoms with Crippen LogP contribution < -0.4 is 0 Å². The molecule has 1 aromatic carbocycles. The van der Waals surface area contributed by atoms with Crippen LogP contribution in [0.5, 0.6) is 0 Å². The maximum Gasteiger partial charge on any atom is 0.0605 e. The van der Waals surface area contributed by atoms with Gasteiger partial charge in [-0.1, -0.05) is 43.9 Å². The van der Waals surface area contributed by atoms with Gasteiger partial charge in [-0.25, -0.2) is 0 Å². The van der Waals surface area contributed by atoms with Crippen molar-refractivity contribution in [1.29, 1.82) is 0 Å². The third-order valence-corrected chi connectivity index (χ3v) is 2.39. The molecule has 1 heteroatoms. The summed E-state index contributed by atoms with van der Waals surface area (Å²) in [6.45, 7) is 7.62. The first-order chi connectivity index (χ1) is 7.86. The largest absolute Gasteiger partial charge is 0.292 e. The van der Waals surface area contributed by atoms with Crippen molar-refractivity contribution in [3.8, 4) is 11.8 Å². The summed E-state index contributed by atoms with van der Waals surface area (Å²) in [5.74, 6) is 6.45. The van der Waals surface area contributed by atoms with Gasteiger partial charge >= 0.3 is 0 Å². The summed E-state index contributed by atoms with van der Waals surface area (Å²) in [4.78, 5) is 2.41. The minimum Gasteiger partial charge on any atom is -0.292 e. The zero-order valence-electron chi connectivity index (χ0n) is 10.4. The minimum absolute atomic E-state index is 0.885. The monoisotopic (exact) mass is 215 g/mol. The summed E-state index contributed by atoms with van der Waals surface area (Å²) < 4.78 is 0. The Morgan fingerprint density at radius 2 is 1.62 bits per heavy atom. The molecule has 0 N–H and O–H groups in total. The predicted octanol–water partition coefficient (Wildman–Crippen LogP) is 3.16. The molecule has 0 radical (unpaired) electrons. The van der Waals surface area contributed by atoms with Gasteiger partial charge in [-0.15, -0.1) is 0 Å². The number of nitrogens with zero attached hydrogens (tertiary/aromatic N) is 1. The molecule has 0 bridgehead atoms. The molecule has 1 nitrogen and oxygen atoms in total. The van der Waals surface area contributed by atoms with Gasteiger partial charge in [-0.2, -0.15) is 0 Å². The molecule has 0 aliphatic heterocycles. The second-order valence-corrected chi connectivity index (χ2v) is 3.94. The first-order valence-corrected chi connectivity index (χ1v) is 6.13. The SMILES string of the molecule is CCCN(CC#Cc1ccccc1)CCC. The van der Waals surface area contributed by atoms with Crippen LogP contribution in [-0.2, 0) is 0 Å². The van der Waals surface area contributed by atoms with Crippen molar-refractivity contribution in [3.05, 3.63) is 35.9 Å². The summed E-state index contributed by atoms with van der Waals surface area (Å²) in [6, 6.07) is 10.2. The van der Waals surface area contributed by atoms with Gasteiger partial charge in [0.15, 0.2) is 0 Å². The number of hydrogen-bond acceptors (Lipinski definition) is 1. The van der Waals surface area contributed by atoms with Gasteiger partial charge in [0.05, 0.1) is 6.54 Å². The van der Waals surface area contributed by atoms with Crippen molar-refractivity contribution < 1.29 is 0 Å². The highest BCUT2D eigenvalue weighted by Crippen LogP contribution is 1.96. The molecule has 1 aromatic rings. The summed E-state index contributed by atoms with van der Waals surface area (Å²) in [7, 11) is 0. The van der Waals surface area contributed by atoms with Crippen LogP contribution in [0.3, 0.4) is 0 Å². The third-order valence-electron chi connectivity index (χ3n) is 2.39. The Morgan fingerprint density at radius 1 is 1.00 bits per heavy atom. The first-order valence-electron chi connectivity index (χ1n) is 6.13. The summed E-state index contributed by atoms with van der Waals surface area (Å²) in [6.07, 6.45) is 2.40. The summed E-state index contributed by atoms with van der Waals surface area (Å²) >= 11 is 0. The van der Waals surface area contributed by atoms with Gasteiger partial charge in [-0.3, -0.25) is 4.90 Å². The quantitative estimate of drug-likeness (QED) is 0.682. The lowest BCUT2D eigenvalue weighted by Crippen LogP contribution is -2.25. The highest BCUT2D eigenvalue weighted by molar-refractivity contribution is 5.33. The second-order valence-electron chi connectivity index (χ2n) is 3.94. The Hall–Kier alpha value is -1.26. The van der Waals surface area contributed by atoms with E-state index in [-0.39, 0.29) is 0 Å². The van der Waals surface area contributed by atoms with Crippen molar-refractivity contribution in [3.63, 3.8) is 0 Å². The highest BCUT2D eigenvalue weighted by Gasteiger charge is 1.98. The Labute approximate surface area is 99.5 Å². The third kappa shape index (κ3) is 5.00. The van der Waals surface area contributed by atoms with E-state index in [1.807, 2.05) is 18.2 Å². The van der Waals surface area contributed by atoms with Crippen molar-refractivity contribution in [1.82, 2.24) is 4.90 Å². The molecule has 0 aliphatic carbocycles. The molecule has 1 rings (SSSR count). The Bertz CT molecular complexity index is 325. The molecule has 0 saturated carbocycles. The molecular weight excluding hydrogens is 194 g/mol. The van der Waals surface area contributed by atoms with Crippen molar-refractivity contribution in [2.75, 3.05) is 19.6 Å². The van der Waals surface area contributed by atoms with Crippen LogP contribution in [0.15, 0.2) is 30.3 Å². The molecule has 0 spiro atoms. The highest BCUT2D eigenvalue weighted by atomic mass is 15.1. The topological polar surface area (TPSA) is 3.24 Å². The Kier molecular flexibility index (Phi) is 6.37. The van der Waals surface area contributed by atoms with Crippen LogP contribution in [0.2, 0.25) is 0 Å². The second kappa shape index (κ2) is 7.96. The average Bonchev–Trinajstić information content (AvgIpc) is 2.31. The van der Waals surface area contributed by atoms with E-state index in [1.54, 1.807) is 0 Å². The van der Waals surface area contributed by atoms with Crippen LogP contribution >= 0.6 is 0 Å². The van der Waals surface area contributed by atoms with Crippen LogP contribution in [0, 0.1) is 11.8 Å². The molecule has 0 saturated heterocycles. The van der Waals surface area contributed by atoms with Crippen LogP contribution in [0.1, 0.15) is 32.3 Å². The number of hydrogen-bond donors (Lipinski definition) is 0. The molecule has 0 aromatic heterocycles. The minimum atomic E-state index is 0.885. The number of rotatable bonds is 5. The van der Waals surface area contributed by atoms with Crippen LogP contribution in [0.4, 0.5) is 0 Å². The van der Waals surface area contributed by atoms with E-state index in [0.29, 0.717) is 0 Å². The lowest BCUT2D eigenvalue weighted by atomic mass is 10.2. The van der Waals surface area contributed by atoms with E-state index < -0.39 is 0 Å². The first kappa shape index (κ1) is 12.8. The molecule has 0 amide bonds. The van der Waals surface area contributed by atoms with E-state index in [4.69, 9.17) is 0 Å². The fourth-order valence-corrected chi connectivity index (χ4v) is 1.68. The lowest BCUT2D eigenvalue weighted by Gasteiger charge is -2.17. The normalized spacial score (nSPS) is 9.94. The molecule has 0 atom stereocenters.